The van der Waals surface area contributed by atoms with Gasteiger partial charge in [-0.2, -0.15) is 0 Å². The number of hydrogen-bond donors (Lipinski definition) is 4. The van der Waals surface area contributed by atoms with Gasteiger partial charge in [-0.15, -0.1) is 0 Å². The molecule has 8 nitrogen and oxygen atoms in total. The number of halogens is 1. The van der Waals surface area contributed by atoms with E-state index in [2.05, 4.69) is 20.7 Å². The molecule has 0 spiro atoms. The second kappa shape index (κ2) is 14.4. The highest BCUT2D eigenvalue weighted by molar-refractivity contribution is 7.92. The Morgan fingerprint density at radius 3 is 2.17 bits per heavy atom. The van der Waals surface area contributed by atoms with Crippen molar-refractivity contribution >= 4 is 44.9 Å². The van der Waals surface area contributed by atoms with Crippen molar-refractivity contribution < 1.29 is 18.0 Å². The standard InChI is InChI=1S/C31H37ClN4O4S/c1-22-7-17-28(18-8-22)41(39,40)36-27-15-13-26(14-16-27)34-31(38)35-29(21-24-9-11-25(32)12-10-24)30(37)33-20-19-23-5-3-2-4-6-23/h7-18,23,29,36H,2-6,19-21H2,1H3,(H,33,37)(H2,34,35,38)/t29-/m1/s1. The molecule has 1 saturated carbocycles. The van der Waals surface area contributed by atoms with Crippen LogP contribution in [0.4, 0.5) is 16.2 Å². The van der Waals surface area contributed by atoms with Crippen LogP contribution in [0.25, 0.3) is 0 Å². The van der Waals surface area contributed by atoms with Gasteiger partial charge in [0.15, 0.2) is 0 Å². The molecule has 0 saturated heterocycles. The fourth-order valence-corrected chi connectivity index (χ4v) is 6.13. The molecular weight excluding hydrogens is 560 g/mol. The van der Waals surface area contributed by atoms with Gasteiger partial charge >= 0.3 is 6.03 Å². The van der Waals surface area contributed by atoms with Crippen LogP contribution in [0.1, 0.15) is 49.7 Å². The molecule has 1 fully saturated rings. The van der Waals surface area contributed by atoms with Crippen molar-refractivity contribution in [3.05, 3.63) is 88.9 Å². The van der Waals surface area contributed by atoms with E-state index in [1.807, 2.05) is 19.1 Å². The number of rotatable bonds is 11. The zero-order chi connectivity index (χ0) is 29.2. The average Bonchev–Trinajstić information content (AvgIpc) is 2.95. The SMILES string of the molecule is Cc1ccc(S(=O)(=O)Nc2ccc(NC(=O)N[C@H](Cc3ccc(Cl)cc3)C(=O)NCCC3CCCCC3)cc2)cc1. The number of nitrogens with one attached hydrogen (secondary N) is 4. The van der Waals surface area contributed by atoms with E-state index in [1.54, 1.807) is 60.7 Å². The van der Waals surface area contributed by atoms with Crippen LogP contribution >= 0.6 is 11.6 Å². The van der Waals surface area contributed by atoms with E-state index >= 15 is 0 Å². The molecule has 1 atom stereocenters. The van der Waals surface area contributed by atoms with Crippen molar-refractivity contribution in [3.8, 4) is 0 Å². The number of benzene rings is 3. The van der Waals surface area contributed by atoms with Gasteiger partial charge in [0.05, 0.1) is 4.90 Å². The number of sulfonamides is 1. The second-order valence-electron chi connectivity index (χ2n) is 10.6. The minimum atomic E-state index is -3.74. The number of carbonyl (C=O) groups excluding carboxylic acids is 2. The van der Waals surface area contributed by atoms with Crippen LogP contribution in [0.5, 0.6) is 0 Å². The molecule has 4 N–H and O–H groups in total. The first kappa shape index (κ1) is 30.4. The van der Waals surface area contributed by atoms with Crippen LogP contribution in [0, 0.1) is 12.8 Å². The summed E-state index contributed by atoms with van der Waals surface area (Å²) in [5.74, 6) is 0.395. The highest BCUT2D eigenvalue weighted by Gasteiger charge is 2.22. The first-order valence-corrected chi connectivity index (χ1v) is 15.8. The number of amides is 3. The third-order valence-corrected chi connectivity index (χ3v) is 8.93. The van der Waals surface area contributed by atoms with Gasteiger partial charge in [0.25, 0.3) is 10.0 Å². The van der Waals surface area contributed by atoms with Crippen LogP contribution in [-0.2, 0) is 21.2 Å². The average molecular weight is 597 g/mol. The Morgan fingerprint density at radius 2 is 1.51 bits per heavy atom. The van der Waals surface area contributed by atoms with Crippen LogP contribution < -0.4 is 20.7 Å². The monoisotopic (exact) mass is 596 g/mol. The van der Waals surface area contributed by atoms with E-state index in [0.717, 1.165) is 17.5 Å². The number of aryl methyl sites for hydroxylation is 1. The molecule has 3 aromatic carbocycles. The third-order valence-electron chi connectivity index (χ3n) is 7.28. The van der Waals surface area contributed by atoms with Gasteiger partial charge in [-0.3, -0.25) is 9.52 Å². The van der Waals surface area contributed by atoms with Gasteiger partial charge in [-0.05, 0) is 73.4 Å². The summed E-state index contributed by atoms with van der Waals surface area (Å²) in [5.41, 5.74) is 2.63. The van der Waals surface area contributed by atoms with E-state index < -0.39 is 22.1 Å². The Hall–Kier alpha value is -3.56. The van der Waals surface area contributed by atoms with Gasteiger partial charge in [-0.1, -0.05) is 73.5 Å². The largest absolute Gasteiger partial charge is 0.354 e. The fourth-order valence-electron chi connectivity index (χ4n) is 4.94. The molecule has 4 rings (SSSR count). The van der Waals surface area contributed by atoms with E-state index in [1.165, 1.54) is 32.1 Å². The second-order valence-corrected chi connectivity index (χ2v) is 12.7. The first-order chi connectivity index (χ1) is 19.7. The summed E-state index contributed by atoms with van der Waals surface area (Å²) in [6, 6.07) is 18.7. The van der Waals surface area contributed by atoms with Gasteiger partial charge in [0, 0.05) is 29.4 Å². The Kier molecular flexibility index (Phi) is 10.7. The number of hydrogen-bond acceptors (Lipinski definition) is 4. The topological polar surface area (TPSA) is 116 Å². The molecule has 1 aliphatic rings. The zero-order valence-electron chi connectivity index (χ0n) is 23.2. The molecule has 0 heterocycles. The highest BCUT2D eigenvalue weighted by Crippen LogP contribution is 2.26. The lowest BCUT2D eigenvalue weighted by Gasteiger charge is -2.23. The summed E-state index contributed by atoms with van der Waals surface area (Å²) in [6.07, 6.45) is 7.44. The van der Waals surface area contributed by atoms with E-state index in [0.29, 0.717) is 35.3 Å². The van der Waals surface area contributed by atoms with Gasteiger partial charge in [-0.25, -0.2) is 13.2 Å². The molecule has 218 valence electrons. The van der Waals surface area contributed by atoms with E-state index in [4.69, 9.17) is 11.6 Å². The normalized spacial score (nSPS) is 14.6. The molecule has 0 bridgehead atoms. The number of carbonyl (C=O) groups is 2. The molecule has 0 radical (unpaired) electrons. The molecule has 3 amide bonds. The maximum atomic E-state index is 13.1. The van der Waals surface area contributed by atoms with Crippen molar-refractivity contribution in [2.75, 3.05) is 16.6 Å². The number of urea groups is 1. The van der Waals surface area contributed by atoms with Gasteiger partial charge < -0.3 is 16.0 Å². The van der Waals surface area contributed by atoms with Crippen LogP contribution in [0.15, 0.2) is 77.7 Å². The smallest absolute Gasteiger partial charge is 0.319 e. The minimum Gasteiger partial charge on any atom is -0.354 e. The quantitative estimate of drug-likeness (QED) is 0.209. The summed E-state index contributed by atoms with van der Waals surface area (Å²) in [6.45, 7) is 2.46. The van der Waals surface area contributed by atoms with E-state index in [-0.39, 0.29) is 10.8 Å². The summed E-state index contributed by atoms with van der Waals surface area (Å²) >= 11 is 6.01. The summed E-state index contributed by atoms with van der Waals surface area (Å²) < 4.78 is 27.9. The molecule has 1 aliphatic carbocycles. The molecular formula is C31H37ClN4O4S. The molecule has 0 unspecified atom stereocenters. The Bertz CT molecular complexity index is 1410. The first-order valence-electron chi connectivity index (χ1n) is 14.0. The fraction of sp³-hybridized carbons (Fsp3) is 0.355. The van der Waals surface area contributed by atoms with Crippen LogP contribution in [-0.4, -0.2) is 32.9 Å². The zero-order valence-corrected chi connectivity index (χ0v) is 24.7. The molecule has 0 aromatic heterocycles. The lowest BCUT2D eigenvalue weighted by molar-refractivity contribution is -0.122. The van der Waals surface area contributed by atoms with Gasteiger partial charge in [0.1, 0.15) is 6.04 Å². The van der Waals surface area contributed by atoms with E-state index in [9.17, 15) is 18.0 Å². The molecule has 10 heteroatoms. The number of anilines is 2. The summed E-state index contributed by atoms with van der Waals surface area (Å²) in [7, 11) is -3.74. The van der Waals surface area contributed by atoms with Crippen LogP contribution in [0.2, 0.25) is 5.02 Å². The predicted octanol–water partition coefficient (Wildman–Crippen LogP) is 6.27. The molecule has 0 aliphatic heterocycles. The van der Waals surface area contributed by atoms with Crippen molar-refractivity contribution in [1.82, 2.24) is 10.6 Å². The summed E-state index contributed by atoms with van der Waals surface area (Å²) in [5, 5.41) is 9.12. The lowest BCUT2D eigenvalue weighted by Crippen LogP contribution is -2.49. The van der Waals surface area contributed by atoms with Crippen molar-refractivity contribution in [2.45, 2.75) is 62.8 Å². The molecule has 41 heavy (non-hydrogen) atoms. The summed E-state index contributed by atoms with van der Waals surface area (Å²) in [4.78, 5) is 26.2. The Balaban J connectivity index is 1.35. The van der Waals surface area contributed by atoms with Gasteiger partial charge in [0.2, 0.25) is 5.91 Å². The Labute approximate surface area is 247 Å². The van der Waals surface area contributed by atoms with Crippen molar-refractivity contribution in [2.24, 2.45) is 5.92 Å². The maximum Gasteiger partial charge on any atom is 0.319 e. The highest BCUT2D eigenvalue weighted by atomic mass is 35.5. The minimum absolute atomic E-state index is 0.161. The lowest BCUT2D eigenvalue weighted by atomic mass is 9.87. The predicted molar refractivity (Wildman–Crippen MR) is 164 cm³/mol. The van der Waals surface area contributed by atoms with Crippen LogP contribution in [0.3, 0.4) is 0 Å². The maximum absolute atomic E-state index is 13.1. The van der Waals surface area contributed by atoms with Crippen molar-refractivity contribution in [3.63, 3.8) is 0 Å². The molecule has 3 aromatic rings. The van der Waals surface area contributed by atoms with Crippen molar-refractivity contribution in [1.29, 1.82) is 0 Å². The third kappa shape index (κ3) is 9.50. The Morgan fingerprint density at radius 1 is 0.878 bits per heavy atom.